The smallest absolute Gasteiger partial charge is 0.217 e. The third-order valence-corrected chi connectivity index (χ3v) is 1.87. The minimum atomic E-state index is 0. The fraction of sp³-hybridized carbons (Fsp3) is 0.400. The molecule has 1 rings (SSSR count). The number of aromatic nitrogens is 1. The number of pyridine rings is 1. The van der Waals surface area contributed by atoms with Gasteiger partial charge < -0.3 is 29.3 Å². The summed E-state index contributed by atoms with van der Waals surface area (Å²) in [6.07, 6.45) is 4.02. The Hall–Kier alpha value is -0.650. The first-order valence-electron chi connectivity index (χ1n) is 4.44. The van der Waals surface area contributed by atoms with Gasteiger partial charge in [0.25, 0.3) is 0 Å². The zero-order valence-corrected chi connectivity index (χ0v) is 10.6. The van der Waals surface area contributed by atoms with E-state index in [4.69, 9.17) is 0 Å². The van der Waals surface area contributed by atoms with Crippen molar-refractivity contribution < 1.29 is 33.3 Å². The van der Waals surface area contributed by atoms with Crippen LogP contribution in [0.15, 0.2) is 24.5 Å². The third-order valence-electron chi connectivity index (χ3n) is 1.87. The number of halogens is 1. The van der Waals surface area contributed by atoms with Gasteiger partial charge in [-0.3, -0.25) is 4.79 Å². The number of amides is 1. The second-order valence-corrected chi connectivity index (χ2v) is 2.95. The fourth-order valence-electron chi connectivity index (χ4n) is 1.04. The maximum absolute atomic E-state index is 10.6. The zero-order chi connectivity index (χ0) is 9.68. The van der Waals surface area contributed by atoms with E-state index in [1.165, 1.54) is 6.92 Å². The van der Waals surface area contributed by atoms with Crippen molar-refractivity contribution in [1.82, 2.24) is 5.32 Å². The standard InChI is InChI=1S/C10H14N2O.HI/c1-3-12-6-4-10(5-7-12)8-11-9(2)13;/h4-7H,3,8H2,1-2H3;1H. The van der Waals surface area contributed by atoms with Gasteiger partial charge in [0.15, 0.2) is 12.4 Å². The molecule has 1 N–H and O–H groups in total. The van der Waals surface area contributed by atoms with Crippen molar-refractivity contribution >= 4 is 5.91 Å². The summed E-state index contributed by atoms with van der Waals surface area (Å²) in [5.74, 6) is 0.00669. The van der Waals surface area contributed by atoms with E-state index in [-0.39, 0.29) is 29.9 Å². The van der Waals surface area contributed by atoms with Crippen LogP contribution in [-0.4, -0.2) is 5.91 Å². The molecule has 0 aliphatic heterocycles. The van der Waals surface area contributed by atoms with Crippen molar-refractivity contribution in [3.05, 3.63) is 30.1 Å². The Morgan fingerprint density at radius 2 is 2.00 bits per heavy atom. The van der Waals surface area contributed by atoms with Crippen molar-refractivity contribution in [2.24, 2.45) is 0 Å². The van der Waals surface area contributed by atoms with Gasteiger partial charge in [-0.25, -0.2) is 4.57 Å². The van der Waals surface area contributed by atoms with Gasteiger partial charge in [-0.2, -0.15) is 0 Å². The number of carbonyl (C=O) groups is 1. The SMILES string of the molecule is CC[n+]1ccc(CNC(C)=O)cc1.[I-]. The summed E-state index contributed by atoms with van der Waals surface area (Å²) in [6, 6.07) is 4.03. The molecule has 1 heterocycles. The topological polar surface area (TPSA) is 33.0 Å². The summed E-state index contributed by atoms with van der Waals surface area (Å²) in [7, 11) is 0. The Labute approximate surface area is 102 Å². The molecule has 0 spiro atoms. The second kappa shape index (κ2) is 6.75. The molecule has 0 saturated heterocycles. The van der Waals surface area contributed by atoms with Gasteiger partial charge in [0.05, 0.1) is 0 Å². The quantitative estimate of drug-likeness (QED) is 0.492. The molecule has 3 nitrogen and oxygen atoms in total. The molecule has 0 saturated carbocycles. The first-order valence-corrected chi connectivity index (χ1v) is 4.44. The summed E-state index contributed by atoms with van der Waals surface area (Å²) < 4.78 is 2.08. The molecule has 1 aromatic heterocycles. The van der Waals surface area contributed by atoms with Gasteiger partial charge >= 0.3 is 0 Å². The van der Waals surface area contributed by atoms with Crippen molar-refractivity contribution in [2.45, 2.75) is 26.9 Å². The van der Waals surface area contributed by atoms with Crippen LogP contribution < -0.4 is 33.9 Å². The van der Waals surface area contributed by atoms with Crippen LogP contribution in [0.4, 0.5) is 0 Å². The predicted molar refractivity (Wildman–Crippen MR) is 49.8 cm³/mol. The Morgan fingerprint density at radius 1 is 1.43 bits per heavy atom. The molecular weight excluding hydrogens is 291 g/mol. The number of nitrogens with zero attached hydrogens (tertiary/aromatic N) is 1. The molecule has 0 fully saturated rings. The molecule has 14 heavy (non-hydrogen) atoms. The minimum Gasteiger partial charge on any atom is -1.00 e. The molecule has 0 aliphatic carbocycles. The fourth-order valence-corrected chi connectivity index (χ4v) is 1.04. The van der Waals surface area contributed by atoms with Crippen molar-refractivity contribution in [1.29, 1.82) is 0 Å². The summed E-state index contributed by atoms with van der Waals surface area (Å²) in [4.78, 5) is 10.6. The third kappa shape index (κ3) is 4.55. The average molecular weight is 306 g/mol. The normalized spacial score (nSPS) is 9.00. The highest BCUT2D eigenvalue weighted by Crippen LogP contribution is 1.93. The highest BCUT2D eigenvalue weighted by atomic mass is 127. The highest BCUT2D eigenvalue weighted by molar-refractivity contribution is 5.72. The van der Waals surface area contributed by atoms with Crippen molar-refractivity contribution in [2.75, 3.05) is 0 Å². The van der Waals surface area contributed by atoms with Crippen molar-refractivity contribution in [3.63, 3.8) is 0 Å². The largest absolute Gasteiger partial charge is 1.00 e. The molecule has 0 unspecified atom stereocenters. The van der Waals surface area contributed by atoms with E-state index in [2.05, 4.69) is 16.8 Å². The van der Waals surface area contributed by atoms with E-state index in [1.54, 1.807) is 0 Å². The van der Waals surface area contributed by atoms with Crippen LogP contribution in [0, 0.1) is 0 Å². The number of aryl methyl sites for hydroxylation is 1. The Kier molecular flexibility index (Phi) is 6.44. The molecule has 1 aromatic rings. The summed E-state index contributed by atoms with van der Waals surface area (Å²) in [5, 5.41) is 2.75. The number of hydrogen-bond acceptors (Lipinski definition) is 1. The first kappa shape index (κ1) is 13.4. The lowest BCUT2D eigenvalue weighted by Crippen LogP contribution is -3.00. The number of carbonyl (C=O) groups excluding carboxylic acids is 1. The van der Waals surface area contributed by atoms with Crippen LogP contribution in [-0.2, 0) is 17.9 Å². The maximum atomic E-state index is 10.6. The molecule has 0 radical (unpaired) electrons. The van der Waals surface area contributed by atoms with Crippen LogP contribution in [0.1, 0.15) is 19.4 Å². The first-order chi connectivity index (χ1) is 6.22. The second-order valence-electron chi connectivity index (χ2n) is 2.95. The molecule has 1 amide bonds. The van der Waals surface area contributed by atoms with Gasteiger partial charge in [-0.15, -0.1) is 0 Å². The van der Waals surface area contributed by atoms with Crippen molar-refractivity contribution in [3.8, 4) is 0 Å². The van der Waals surface area contributed by atoms with E-state index < -0.39 is 0 Å². The van der Waals surface area contributed by atoms with Gasteiger partial charge in [0.2, 0.25) is 5.91 Å². The molecule has 0 aliphatic rings. The van der Waals surface area contributed by atoms with Gasteiger partial charge in [-0.05, 0) is 12.5 Å². The Morgan fingerprint density at radius 3 is 2.43 bits per heavy atom. The maximum Gasteiger partial charge on any atom is 0.217 e. The van der Waals surface area contributed by atoms with Gasteiger partial charge in [0.1, 0.15) is 6.54 Å². The van der Waals surface area contributed by atoms with Crippen LogP contribution in [0.2, 0.25) is 0 Å². The van der Waals surface area contributed by atoms with Crippen LogP contribution in [0.25, 0.3) is 0 Å². The Bertz CT molecular complexity index is 285. The molecule has 0 bridgehead atoms. The summed E-state index contributed by atoms with van der Waals surface area (Å²) in [6.45, 7) is 5.20. The van der Waals surface area contributed by atoms with E-state index in [0.29, 0.717) is 6.54 Å². The summed E-state index contributed by atoms with van der Waals surface area (Å²) >= 11 is 0. The lowest BCUT2D eigenvalue weighted by Gasteiger charge is -2.00. The molecular formula is C10H15IN2O. The van der Waals surface area contributed by atoms with E-state index in [1.807, 2.05) is 24.5 Å². The van der Waals surface area contributed by atoms with Crippen LogP contribution in [0.5, 0.6) is 0 Å². The summed E-state index contributed by atoms with van der Waals surface area (Å²) in [5.41, 5.74) is 1.12. The van der Waals surface area contributed by atoms with Crippen LogP contribution in [0.3, 0.4) is 0 Å². The number of rotatable bonds is 3. The minimum absolute atomic E-state index is 0. The lowest BCUT2D eigenvalue weighted by atomic mass is 10.2. The van der Waals surface area contributed by atoms with Gasteiger partial charge in [-0.1, -0.05) is 0 Å². The number of hydrogen-bond donors (Lipinski definition) is 1. The molecule has 0 atom stereocenters. The molecule has 78 valence electrons. The lowest BCUT2D eigenvalue weighted by molar-refractivity contribution is -0.693. The molecule has 4 heteroatoms. The highest BCUT2D eigenvalue weighted by Gasteiger charge is 1.98. The average Bonchev–Trinajstić information content (AvgIpc) is 2.15. The van der Waals surface area contributed by atoms with Crippen LogP contribution >= 0.6 is 0 Å². The predicted octanol–water partition coefficient (Wildman–Crippen LogP) is -2.37. The zero-order valence-electron chi connectivity index (χ0n) is 8.46. The van der Waals surface area contributed by atoms with E-state index in [9.17, 15) is 4.79 Å². The molecule has 0 aromatic carbocycles. The van der Waals surface area contributed by atoms with E-state index >= 15 is 0 Å². The van der Waals surface area contributed by atoms with E-state index in [0.717, 1.165) is 12.1 Å². The Balaban J connectivity index is 0.00000169. The number of nitrogens with one attached hydrogen (secondary N) is 1. The monoisotopic (exact) mass is 306 g/mol. The van der Waals surface area contributed by atoms with Gasteiger partial charge in [0, 0.05) is 25.6 Å².